The summed E-state index contributed by atoms with van der Waals surface area (Å²) in [6.45, 7) is 2.13. The highest BCUT2D eigenvalue weighted by Gasteiger charge is 2.16. The minimum atomic E-state index is -1.07. The number of carbonyl (C=O) groups is 2. The number of amides is 1. The SMILES string of the molecule is CCCc1nc(S/C(=C\c2cn(CC(=O)Nc3ccccc3)c3ccccc23)C(=O)O)n[nH]1. The van der Waals surface area contributed by atoms with E-state index in [1.807, 2.05) is 66.1 Å². The number of aliphatic carboxylic acids is 1. The van der Waals surface area contributed by atoms with Crippen LogP contribution in [0, 0.1) is 0 Å². The van der Waals surface area contributed by atoms with Crippen LogP contribution in [-0.2, 0) is 22.6 Å². The third kappa shape index (κ3) is 5.50. The Morgan fingerprint density at radius 3 is 2.67 bits per heavy atom. The van der Waals surface area contributed by atoms with E-state index in [0.717, 1.165) is 47.0 Å². The number of fused-ring (bicyclic) bond motifs is 1. The summed E-state index contributed by atoms with van der Waals surface area (Å²) in [5.41, 5.74) is 2.26. The van der Waals surface area contributed by atoms with Gasteiger partial charge in [0.1, 0.15) is 17.3 Å². The summed E-state index contributed by atoms with van der Waals surface area (Å²) >= 11 is 0.991. The molecule has 0 bridgehead atoms. The molecule has 2 aromatic heterocycles. The molecule has 0 spiro atoms. The monoisotopic (exact) mass is 461 g/mol. The van der Waals surface area contributed by atoms with E-state index in [1.54, 1.807) is 12.3 Å². The molecule has 2 aromatic carbocycles. The Morgan fingerprint density at radius 2 is 1.91 bits per heavy atom. The number of rotatable bonds is 9. The van der Waals surface area contributed by atoms with Gasteiger partial charge in [-0.3, -0.25) is 9.89 Å². The lowest BCUT2D eigenvalue weighted by molar-refractivity contribution is -0.131. The molecule has 0 saturated carbocycles. The largest absolute Gasteiger partial charge is 0.477 e. The van der Waals surface area contributed by atoms with E-state index < -0.39 is 5.97 Å². The number of H-pyrrole nitrogens is 1. The van der Waals surface area contributed by atoms with Crippen molar-refractivity contribution in [2.75, 3.05) is 5.32 Å². The van der Waals surface area contributed by atoms with E-state index in [4.69, 9.17) is 0 Å². The molecular formula is C24H23N5O3S. The number of nitrogens with zero attached hydrogens (tertiary/aromatic N) is 3. The molecule has 33 heavy (non-hydrogen) atoms. The molecule has 9 heteroatoms. The molecule has 0 aliphatic heterocycles. The summed E-state index contributed by atoms with van der Waals surface area (Å²) in [6.07, 6.45) is 5.05. The predicted octanol–water partition coefficient (Wildman–Crippen LogP) is 4.57. The predicted molar refractivity (Wildman–Crippen MR) is 129 cm³/mol. The number of aromatic nitrogens is 4. The lowest BCUT2D eigenvalue weighted by Gasteiger charge is -2.07. The normalized spacial score (nSPS) is 11.6. The van der Waals surface area contributed by atoms with E-state index in [-0.39, 0.29) is 17.4 Å². The van der Waals surface area contributed by atoms with Crippen molar-refractivity contribution in [1.82, 2.24) is 19.7 Å². The Labute approximate surface area is 194 Å². The minimum absolute atomic E-state index is 0.0914. The molecule has 4 aromatic rings. The lowest BCUT2D eigenvalue weighted by Crippen LogP contribution is -2.18. The van der Waals surface area contributed by atoms with Crippen LogP contribution in [0.2, 0.25) is 0 Å². The average molecular weight is 462 g/mol. The molecule has 0 radical (unpaired) electrons. The molecule has 0 aliphatic carbocycles. The number of anilines is 1. The maximum Gasteiger partial charge on any atom is 0.342 e. The number of hydrogen-bond acceptors (Lipinski definition) is 5. The quantitative estimate of drug-likeness (QED) is 0.249. The van der Waals surface area contributed by atoms with Gasteiger partial charge in [0, 0.05) is 34.8 Å². The summed E-state index contributed by atoms with van der Waals surface area (Å²) in [5.74, 6) is -0.513. The zero-order valence-corrected chi connectivity index (χ0v) is 18.8. The van der Waals surface area contributed by atoms with Crippen molar-refractivity contribution < 1.29 is 14.7 Å². The van der Waals surface area contributed by atoms with Crippen molar-refractivity contribution in [2.24, 2.45) is 0 Å². The smallest absolute Gasteiger partial charge is 0.342 e. The Hall–Kier alpha value is -3.85. The molecule has 0 aliphatic rings. The average Bonchev–Trinajstić information content (AvgIpc) is 3.39. The van der Waals surface area contributed by atoms with E-state index in [1.165, 1.54) is 0 Å². The van der Waals surface area contributed by atoms with Crippen molar-refractivity contribution in [3.8, 4) is 0 Å². The Kier molecular flexibility index (Phi) is 6.89. The van der Waals surface area contributed by atoms with Gasteiger partial charge in [-0.25, -0.2) is 9.78 Å². The van der Waals surface area contributed by atoms with Crippen LogP contribution in [0.25, 0.3) is 17.0 Å². The molecule has 0 unspecified atom stereocenters. The van der Waals surface area contributed by atoms with Crippen molar-refractivity contribution >= 4 is 46.3 Å². The Bertz CT molecular complexity index is 1310. The topological polar surface area (TPSA) is 113 Å². The fraction of sp³-hybridized carbons (Fsp3) is 0.167. The highest BCUT2D eigenvalue weighted by molar-refractivity contribution is 8.04. The number of aromatic amines is 1. The van der Waals surface area contributed by atoms with Gasteiger partial charge in [-0.1, -0.05) is 43.3 Å². The standard InChI is InChI=1S/C24H23N5O3S/c1-2-8-21-26-24(28-27-21)33-20(23(31)32)13-16-14-29(19-12-7-6-11-18(16)19)15-22(30)25-17-9-4-3-5-10-17/h3-7,9-14H,2,8,15H2,1H3,(H,25,30)(H,31,32)(H,26,27,28)/b20-13-. The maximum atomic E-state index is 12.6. The second-order valence-corrected chi connectivity index (χ2v) is 8.38. The van der Waals surface area contributed by atoms with Gasteiger partial charge in [0.15, 0.2) is 0 Å². The number of carboxylic acids is 1. The van der Waals surface area contributed by atoms with Crippen LogP contribution >= 0.6 is 11.8 Å². The molecule has 2 heterocycles. The molecule has 0 fully saturated rings. The number of para-hydroxylation sites is 2. The highest BCUT2D eigenvalue weighted by Crippen LogP contribution is 2.29. The van der Waals surface area contributed by atoms with Gasteiger partial charge < -0.3 is 15.0 Å². The molecule has 4 rings (SSSR count). The number of nitrogens with one attached hydrogen (secondary N) is 2. The number of carbonyl (C=O) groups excluding carboxylic acids is 1. The molecule has 168 valence electrons. The first-order valence-electron chi connectivity index (χ1n) is 10.5. The van der Waals surface area contributed by atoms with Gasteiger partial charge >= 0.3 is 5.97 Å². The van der Waals surface area contributed by atoms with Crippen LogP contribution in [0.3, 0.4) is 0 Å². The third-order valence-electron chi connectivity index (χ3n) is 4.89. The van der Waals surface area contributed by atoms with Gasteiger partial charge in [0.2, 0.25) is 11.1 Å². The summed E-state index contributed by atoms with van der Waals surface area (Å²) in [7, 11) is 0. The van der Waals surface area contributed by atoms with E-state index in [0.29, 0.717) is 10.7 Å². The molecular weight excluding hydrogens is 438 g/mol. The number of hydrogen-bond donors (Lipinski definition) is 3. The van der Waals surface area contributed by atoms with Crippen LogP contribution in [0.5, 0.6) is 0 Å². The molecule has 0 saturated heterocycles. The van der Waals surface area contributed by atoms with Gasteiger partial charge in [0.05, 0.1) is 0 Å². The van der Waals surface area contributed by atoms with Crippen LogP contribution < -0.4 is 5.32 Å². The van der Waals surface area contributed by atoms with Crippen molar-refractivity contribution in [2.45, 2.75) is 31.5 Å². The first-order chi connectivity index (χ1) is 16.0. The van der Waals surface area contributed by atoms with Crippen LogP contribution in [0.1, 0.15) is 24.7 Å². The number of aryl methyl sites for hydroxylation is 1. The van der Waals surface area contributed by atoms with Gasteiger partial charge in [0.25, 0.3) is 0 Å². The van der Waals surface area contributed by atoms with Crippen molar-refractivity contribution in [3.05, 3.63) is 77.1 Å². The first-order valence-corrected chi connectivity index (χ1v) is 11.3. The second-order valence-electron chi connectivity index (χ2n) is 7.37. The van der Waals surface area contributed by atoms with Crippen molar-refractivity contribution in [3.63, 3.8) is 0 Å². The van der Waals surface area contributed by atoms with Gasteiger partial charge in [-0.05, 0) is 42.5 Å². The van der Waals surface area contributed by atoms with E-state index >= 15 is 0 Å². The van der Waals surface area contributed by atoms with Crippen LogP contribution in [-0.4, -0.2) is 36.7 Å². The fourth-order valence-electron chi connectivity index (χ4n) is 3.44. The van der Waals surface area contributed by atoms with Gasteiger partial charge in [-0.15, -0.1) is 5.10 Å². The van der Waals surface area contributed by atoms with Crippen molar-refractivity contribution in [1.29, 1.82) is 0 Å². The first kappa shape index (κ1) is 22.3. The van der Waals surface area contributed by atoms with E-state index in [9.17, 15) is 14.7 Å². The number of thioether (sulfide) groups is 1. The Morgan fingerprint density at radius 1 is 1.15 bits per heavy atom. The van der Waals surface area contributed by atoms with Crippen LogP contribution in [0.4, 0.5) is 5.69 Å². The summed E-state index contributed by atoms with van der Waals surface area (Å²) in [4.78, 5) is 29.0. The second kappa shape index (κ2) is 10.2. The third-order valence-corrected chi connectivity index (χ3v) is 5.77. The van der Waals surface area contributed by atoms with E-state index in [2.05, 4.69) is 20.5 Å². The fourth-order valence-corrected chi connectivity index (χ4v) is 4.16. The Balaban J connectivity index is 1.61. The highest BCUT2D eigenvalue weighted by atomic mass is 32.2. The summed E-state index contributed by atoms with van der Waals surface area (Å²) in [6, 6.07) is 16.8. The number of benzene rings is 2. The molecule has 1 amide bonds. The van der Waals surface area contributed by atoms with Gasteiger partial charge in [-0.2, -0.15) is 0 Å². The molecule has 3 N–H and O–H groups in total. The lowest BCUT2D eigenvalue weighted by atomic mass is 10.1. The van der Waals surface area contributed by atoms with Crippen LogP contribution in [0.15, 0.2) is 70.9 Å². The zero-order valence-electron chi connectivity index (χ0n) is 18.0. The zero-order chi connectivity index (χ0) is 23.2. The number of carboxylic acid groups (broad SMARTS) is 1. The molecule has 0 atom stereocenters. The summed E-state index contributed by atoms with van der Waals surface area (Å²) in [5, 5.41) is 20.8. The maximum absolute atomic E-state index is 12.6. The summed E-state index contributed by atoms with van der Waals surface area (Å²) < 4.78 is 1.82. The molecule has 8 nitrogen and oxygen atoms in total. The minimum Gasteiger partial charge on any atom is -0.477 e.